The summed E-state index contributed by atoms with van der Waals surface area (Å²) >= 11 is 3.59. The predicted molar refractivity (Wildman–Crippen MR) is 120 cm³/mol. The molecule has 1 aliphatic heterocycles. The average Bonchev–Trinajstić information content (AvgIpc) is 2.73. The summed E-state index contributed by atoms with van der Waals surface area (Å²) in [5.41, 5.74) is 7.24. The van der Waals surface area contributed by atoms with E-state index in [0.29, 0.717) is 24.7 Å². The Morgan fingerprint density at radius 2 is 1.87 bits per heavy atom. The van der Waals surface area contributed by atoms with Crippen LogP contribution in [0, 0.1) is 11.3 Å². The van der Waals surface area contributed by atoms with Crippen LogP contribution in [0.2, 0.25) is 0 Å². The maximum Gasteiger partial charge on any atom is 0.224 e. The van der Waals surface area contributed by atoms with Crippen molar-refractivity contribution in [3.8, 4) is 17.6 Å². The molecule has 1 saturated heterocycles. The first-order valence-corrected chi connectivity index (χ1v) is 10.9. The molecule has 3 N–H and O–H groups in total. The molecule has 0 atom stereocenters. The van der Waals surface area contributed by atoms with Crippen molar-refractivity contribution in [2.24, 2.45) is 0 Å². The zero-order chi connectivity index (χ0) is 21.5. The van der Waals surface area contributed by atoms with E-state index in [1.807, 2.05) is 19.9 Å². The van der Waals surface area contributed by atoms with E-state index in [9.17, 15) is 0 Å². The van der Waals surface area contributed by atoms with Crippen LogP contribution < -0.4 is 20.5 Å². The minimum absolute atomic E-state index is 0.206. The van der Waals surface area contributed by atoms with Crippen molar-refractivity contribution < 1.29 is 9.47 Å². The molecule has 0 radical (unpaired) electrons. The zero-order valence-electron chi connectivity index (χ0n) is 17.3. The molecule has 0 saturated carbocycles. The van der Waals surface area contributed by atoms with Gasteiger partial charge < -0.3 is 20.5 Å². The summed E-state index contributed by atoms with van der Waals surface area (Å²) in [4.78, 5) is 10.8. The van der Waals surface area contributed by atoms with Crippen molar-refractivity contribution in [2.45, 2.75) is 39.3 Å². The smallest absolute Gasteiger partial charge is 0.224 e. The predicted octanol–water partition coefficient (Wildman–Crippen LogP) is 3.57. The van der Waals surface area contributed by atoms with E-state index in [1.54, 1.807) is 0 Å². The second-order valence-corrected chi connectivity index (χ2v) is 7.86. The fourth-order valence-electron chi connectivity index (χ4n) is 3.47. The molecule has 30 heavy (non-hydrogen) atoms. The van der Waals surface area contributed by atoms with Gasteiger partial charge in [-0.2, -0.15) is 10.2 Å². The lowest BCUT2D eigenvalue weighted by molar-refractivity contribution is 0.210. The number of likely N-dealkylation sites (tertiary alicyclic amines) is 1. The van der Waals surface area contributed by atoms with Crippen LogP contribution in [0.15, 0.2) is 22.8 Å². The highest BCUT2D eigenvalue weighted by molar-refractivity contribution is 9.10. The second kappa shape index (κ2) is 10.5. The lowest BCUT2D eigenvalue weighted by Crippen LogP contribution is -2.39. The molecule has 9 heteroatoms. The monoisotopic (exact) mass is 474 g/mol. The Balaban J connectivity index is 1.59. The number of benzene rings is 1. The van der Waals surface area contributed by atoms with E-state index in [1.165, 1.54) is 11.8 Å². The van der Waals surface area contributed by atoms with Crippen LogP contribution in [-0.4, -0.2) is 47.2 Å². The van der Waals surface area contributed by atoms with Crippen LogP contribution in [0.3, 0.4) is 0 Å². The molecule has 2 aromatic rings. The average molecular weight is 475 g/mol. The van der Waals surface area contributed by atoms with Gasteiger partial charge in [-0.15, -0.1) is 0 Å². The highest BCUT2D eigenvalue weighted by Crippen LogP contribution is 2.36. The SMILES string of the molecule is CCOc1cc(CN2CCC(Nc3ncc(C#N)c(N)n3)CC2)cc(OCC)c1Br. The van der Waals surface area contributed by atoms with E-state index >= 15 is 0 Å². The van der Waals surface area contributed by atoms with Gasteiger partial charge in [-0.25, -0.2) is 4.98 Å². The summed E-state index contributed by atoms with van der Waals surface area (Å²) < 4.78 is 12.4. The van der Waals surface area contributed by atoms with Gasteiger partial charge in [0.15, 0.2) is 0 Å². The molecule has 0 unspecified atom stereocenters. The number of aromatic nitrogens is 2. The minimum Gasteiger partial charge on any atom is -0.493 e. The zero-order valence-corrected chi connectivity index (χ0v) is 18.9. The lowest BCUT2D eigenvalue weighted by atomic mass is 10.0. The number of rotatable bonds is 8. The molecule has 1 aromatic heterocycles. The van der Waals surface area contributed by atoms with Crippen LogP contribution in [-0.2, 0) is 6.54 Å². The van der Waals surface area contributed by atoms with Crippen LogP contribution in [0.4, 0.5) is 11.8 Å². The molecule has 0 aliphatic carbocycles. The standard InChI is InChI=1S/C21H27BrN6O2/c1-3-29-17-9-14(10-18(19(17)22)30-4-2)13-28-7-5-16(6-8-28)26-21-25-12-15(11-23)20(24)27-21/h9-10,12,16H,3-8,13H2,1-2H3,(H3,24,25,26,27). The van der Waals surface area contributed by atoms with Crippen LogP contribution in [0.1, 0.15) is 37.8 Å². The van der Waals surface area contributed by atoms with E-state index in [2.05, 4.69) is 48.2 Å². The molecule has 0 amide bonds. The first-order valence-electron chi connectivity index (χ1n) is 10.1. The number of halogens is 1. The van der Waals surface area contributed by atoms with Crippen LogP contribution in [0.25, 0.3) is 0 Å². The van der Waals surface area contributed by atoms with Gasteiger partial charge in [-0.1, -0.05) is 0 Å². The number of ether oxygens (including phenoxy) is 2. The number of nitrogen functional groups attached to an aromatic ring is 1. The maximum absolute atomic E-state index is 8.94. The number of anilines is 2. The molecular weight excluding hydrogens is 448 g/mol. The molecular formula is C21H27BrN6O2. The third kappa shape index (κ3) is 5.52. The Labute approximate surface area is 185 Å². The van der Waals surface area contributed by atoms with Gasteiger partial charge in [0, 0.05) is 25.7 Å². The molecule has 160 valence electrons. The van der Waals surface area contributed by atoms with Crippen molar-refractivity contribution in [2.75, 3.05) is 37.4 Å². The van der Waals surface area contributed by atoms with Gasteiger partial charge in [-0.05, 0) is 60.3 Å². The van der Waals surface area contributed by atoms with E-state index in [0.717, 1.165) is 48.4 Å². The van der Waals surface area contributed by atoms with Crippen molar-refractivity contribution >= 4 is 27.7 Å². The third-order valence-electron chi connectivity index (χ3n) is 4.93. The normalized spacial score (nSPS) is 14.9. The van der Waals surface area contributed by atoms with E-state index in [4.69, 9.17) is 20.5 Å². The van der Waals surface area contributed by atoms with Crippen molar-refractivity contribution in [3.63, 3.8) is 0 Å². The Kier molecular flexibility index (Phi) is 7.71. The number of piperidine rings is 1. The number of hydrogen-bond donors (Lipinski definition) is 2. The topological polar surface area (TPSA) is 109 Å². The summed E-state index contributed by atoms with van der Waals surface area (Å²) in [5.74, 6) is 2.30. The molecule has 1 aromatic carbocycles. The summed E-state index contributed by atoms with van der Waals surface area (Å²) in [7, 11) is 0. The fraction of sp³-hybridized carbons (Fsp3) is 0.476. The molecule has 1 aliphatic rings. The number of nitrogens with one attached hydrogen (secondary N) is 1. The summed E-state index contributed by atoms with van der Waals surface area (Å²) in [5, 5.41) is 12.3. The molecule has 1 fully saturated rings. The van der Waals surface area contributed by atoms with Gasteiger partial charge in [0.05, 0.1) is 19.4 Å². The maximum atomic E-state index is 8.94. The summed E-state index contributed by atoms with van der Waals surface area (Å²) in [6.45, 7) is 7.89. The third-order valence-corrected chi connectivity index (χ3v) is 5.71. The van der Waals surface area contributed by atoms with E-state index in [-0.39, 0.29) is 11.9 Å². The largest absolute Gasteiger partial charge is 0.493 e. The fourth-order valence-corrected chi connectivity index (χ4v) is 3.92. The first kappa shape index (κ1) is 22.1. The van der Waals surface area contributed by atoms with Gasteiger partial charge in [0.25, 0.3) is 0 Å². The Bertz CT molecular complexity index is 882. The number of nitrogens with two attached hydrogens (primary N) is 1. The van der Waals surface area contributed by atoms with Crippen molar-refractivity contribution in [1.29, 1.82) is 5.26 Å². The van der Waals surface area contributed by atoms with Crippen molar-refractivity contribution in [1.82, 2.24) is 14.9 Å². The quantitative estimate of drug-likeness (QED) is 0.597. The van der Waals surface area contributed by atoms with Gasteiger partial charge in [-0.3, -0.25) is 4.90 Å². The first-order chi connectivity index (χ1) is 14.5. The van der Waals surface area contributed by atoms with Crippen LogP contribution in [0.5, 0.6) is 11.5 Å². The van der Waals surface area contributed by atoms with Gasteiger partial charge >= 0.3 is 0 Å². The summed E-state index contributed by atoms with van der Waals surface area (Å²) in [6, 6.07) is 6.41. The summed E-state index contributed by atoms with van der Waals surface area (Å²) in [6.07, 6.45) is 3.39. The minimum atomic E-state index is 0.206. The Morgan fingerprint density at radius 1 is 1.23 bits per heavy atom. The van der Waals surface area contributed by atoms with Crippen molar-refractivity contribution in [3.05, 3.63) is 33.9 Å². The number of hydrogen-bond acceptors (Lipinski definition) is 8. The molecule has 3 rings (SSSR count). The molecule has 8 nitrogen and oxygen atoms in total. The molecule has 0 bridgehead atoms. The molecule has 2 heterocycles. The van der Waals surface area contributed by atoms with Gasteiger partial charge in [0.1, 0.15) is 33.4 Å². The van der Waals surface area contributed by atoms with Gasteiger partial charge in [0.2, 0.25) is 5.95 Å². The molecule has 0 spiro atoms. The van der Waals surface area contributed by atoms with Crippen LogP contribution >= 0.6 is 15.9 Å². The highest BCUT2D eigenvalue weighted by atomic mass is 79.9. The highest BCUT2D eigenvalue weighted by Gasteiger charge is 2.21. The van der Waals surface area contributed by atoms with E-state index < -0.39 is 0 Å². The number of nitriles is 1. The number of nitrogens with zero attached hydrogens (tertiary/aromatic N) is 4. The second-order valence-electron chi connectivity index (χ2n) is 7.07. The Morgan fingerprint density at radius 3 is 2.40 bits per heavy atom. The Hall–Kier alpha value is -2.57. The lowest BCUT2D eigenvalue weighted by Gasteiger charge is -2.32.